The Labute approximate surface area is 118 Å². The van der Waals surface area contributed by atoms with Gasteiger partial charge in [-0.25, -0.2) is 13.1 Å². The van der Waals surface area contributed by atoms with Gasteiger partial charge >= 0.3 is 0 Å². The summed E-state index contributed by atoms with van der Waals surface area (Å²) in [6.07, 6.45) is 0.726. The first kappa shape index (κ1) is 14.9. The Hall–Kier alpha value is -0.110. The molecular weight excluding hydrogens is 372 g/mol. The van der Waals surface area contributed by atoms with E-state index in [1.165, 1.54) is 0 Å². The zero-order valence-corrected chi connectivity index (χ0v) is 13.5. The lowest BCUT2D eigenvalue weighted by Crippen LogP contribution is -2.32. The molecule has 0 aliphatic carbocycles. The first-order chi connectivity index (χ1) is 7.77. The average molecular weight is 386 g/mol. The molecule has 0 amide bonds. The summed E-state index contributed by atoms with van der Waals surface area (Å²) in [6.45, 7) is 3.73. The van der Waals surface area contributed by atoms with Crippen LogP contribution in [0.3, 0.4) is 0 Å². The van der Waals surface area contributed by atoms with E-state index in [1.54, 1.807) is 12.1 Å². The summed E-state index contributed by atoms with van der Waals surface area (Å²) < 4.78 is 27.8. The molecule has 0 saturated carbocycles. The van der Waals surface area contributed by atoms with Gasteiger partial charge in [0, 0.05) is 20.7 Å². The lowest BCUT2D eigenvalue weighted by molar-refractivity contribution is 0.555. The van der Waals surface area contributed by atoms with E-state index in [0.29, 0.717) is 14.6 Å². The predicted octanol–water partition coefficient (Wildman–Crippen LogP) is 2.87. The van der Waals surface area contributed by atoms with Gasteiger partial charge in [0.2, 0.25) is 10.0 Å². The summed E-state index contributed by atoms with van der Waals surface area (Å²) in [4.78, 5) is 0.173. The molecule has 0 radical (unpaired) electrons. The molecule has 0 heterocycles. The van der Waals surface area contributed by atoms with Gasteiger partial charge in [-0.05, 0) is 57.3 Å². The van der Waals surface area contributed by atoms with Gasteiger partial charge in [0.25, 0.3) is 0 Å². The highest BCUT2D eigenvalue weighted by atomic mass is 79.9. The Morgan fingerprint density at radius 2 is 1.82 bits per heavy atom. The fourth-order valence-corrected chi connectivity index (χ4v) is 5.19. The smallest absolute Gasteiger partial charge is 0.243 e. The van der Waals surface area contributed by atoms with E-state index < -0.39 is 10.0 Å². The molecule has 1 aromatic rings. The van der Waals surface area contributed by atoms with Gasteiger partial charge in [-0.1, -0.05) is 6.92 Å². The van der Waals surface area contributed by atoms with Crippen LogP contribution in [-0.2, 0) is 10.0 Å². The van der Waals surface area contributed by atoms with Crippen LogP contribution in [0.2, 0.25) is 0 Å². The second kappa shape index (κ2) is 5.69. The molecule has 1 unspecified atom stereocenters. The number of hydrogen-bond donors (Lipinski definition) is 2. The molecule has 4 nitrogen and oxygen atoms in total. The van der Waals surface area contributed by atoms with E-state index in [2.05, 4.69) is 36.6 Å². The van der Waals surface area contributed by atoms with Gasteiger partial charge in [-0.15, -0.1) is 0 Å². The standard InChI is InChI=1S/C10H14Br2N2O2S/c1-3-6(2)14-17(15,16)10-8(11)4-7(13)5-9(10)12/h4-6,14H,3,13H2,1-2H3. The molecule has 96 valence electrons. The topological polar surface area (TPSA) is 72.2 Å². The summed E-state index contributed by atoms with van der Waals surface area (Å²) in [7, 11) is -3.55. The minimum absolute atomic E-state index is 0.114. The first-order valence-corrected chi connectivity index (χ1v) is 8.11. The molecule has 0 saturated heterocycles. The van der Waals surface area contributed by atoms with Crippen molar-refractivity contribution in [3.05, 3.63) is 21.1 Å². The molecule has 1 rings (SSSR count). The van der Waals surface area contributed by atoms with E-state index in [1.807, 2.05) is 13.8 Å². The zero-order chi connectivity index (χ0) is 13.2. The normalized spacial score (nSPS) is 13.6. The van der Waals surface area contributed by atoms with Crippen LogP contribution >= 0.6 is 31.9 Å². The van der Waals surface area contributed by atoms with E-state index in [4.69, 9.17) is 5.73 Å². The Morgan fingerprint density at radius 3 is 2.24 bits per heavy atom. The molecule has 0 aromatic heterocycles. The third-order valence-corrected chi connectivity index (χ3v) is 5.72. The number of sulfonamides is 1. The fourth-order valence-electron chi connectivity index (χ4n) is 1.24. The van der Waals surface area contributed by atoms with Gasteiger partial charge in [0.1, 0.15) is 4.90 Å². The third kappa shape index (κ3) is 3.67. The molecule has 17 heavy (non-hydrogen) atoms. The number of nitrogen functional groups attached to an aromatic ring is 1. The first-order valence-electron chi connectivity index (χ1n) is 5.04. The number of anilines is 1. The van der Waals surface area contributed by atoms with Gasteiger partial charge < -0.3 is 5.73 Å². The number of benzene rings is 1. The minimum Gasteiger partial charge on any atom is -0.399 e. The van der Waals surface area contributed by atoms with Gasteiger partial charge in [0.05, 0.1) is 0 Å². The van der Waals surface area contributed by atoms with Crippen molar-refractivity contribution in [1.29, 1.82) is 0 Å². The van der Waals surface area contributed by atoms with Crippen LogP contribution in [0.25, 0.3) is 0 Å². The molecule has 1 aromatic carbocycles. The van der Waals surface area contributed by atoms with Crippen LogP contribution in [-0.4, -0.2) is 14.5 Å². The number of hydrogen-bond acceptors (Lipinski definition) is 3. The van der Waals surface area contributed by atoms with Gasteiger partial charge in [-0.3, -0.25) is 0 Å². The van der Waals surface area contributed by atoms with Crippen LogP contribution in [0.4, 0.5) is 5.69 Å². The fraction of sp³-hybridized carbons (Fsp3) is 0.400. The van der Waals surface area contributed by atoms with Crippen molar-refractivity contribution in [2.75, 3.05) is 5.73 Å². The SMILES string of the molecule is CCC(C)NS(=O)(=O)c1c(Br)cc(N)cc1Br. The maximum Gasteiger partial charge on any atom is 0.243 e. The van der Waals surface area contributed by atoms with Crippen molar-refractivity contribution < 1.29 is 8.42 Å². The van der Waals surface area contributed by atoms with Crippen LogP contribution in [0.15, 0.2) is 26.0 Å². The predicted molar refractivity (Wildman–Crippen MR) is 76.3 cm³/mol. The number of rotatable bonds is 4. The van der Waals surface area contributed by atoms with Crippen molar-refractivity contribution in [3.63, 3.8) is 0 Å². The summed E-state index contributed by atoms with van der Waals surface area (Å²) >= 11 is 6.43. The summed E-state index contributed by atoms with van der Waals surface area (Å²) in [5, 5.41) is 0. The monoisotopic (exact) mass is 384 g/mol. The van der Waals surface area contributed by atoms with Crippen molar-refractivity contribution in [2.24, 2.45) is 0 Å². The number of nitrogens with one attached hydrogen (secondary N) is 1. The van der Waals surface area contributed by atoms with E-state index >= 15 is 0 Å². The largest absolute Gasteiger partial charge is 0.399 e. The number of halogens is 2. The number of nitrogens with two attached hydrogens (primary N) is 1. The molecular formula is C10H14Br2N2O2S. The Morgan fingerprint density at radius 1 is 1.35 bits per heavy atom. The quantitative estimate of drug-likeness (QED) is 0.782. The molecule has 0 aliphatic rings. The van der Waals surface area contributed by atoms with E-state index in [-0.39, 0.29) is 10.9 Å². The maximum atomic E-state index is 12.1. The summed E-state index contributed by atoms with van der Waals surface area (Å²) in [5.41, 5.74) is 6.12. The molecule has 0 aliphatic heterocycles. The molecule has 7 heteroatoms. The van der Waals surface area contributed by atoms with Crippen molar-refractivity contribution >= 4 is 47.6 Å². The highest BCUT2D eigenvalue weighted by molar-refractivity contribution is 9.11. The average Bonchev–Trinajstić information content (AvgIpc) is 2.14. The van der Waals surface area contributed by atoms with E-state index in [9.17, 15) is 8.42 Å². The van der Waals surface area contributed by atoms with Crippen LogP contribution in [0.1, 0.15) is 20.3 Å². The lowest BCUT2D eigenvalue weighted by Gasteiger charge is -2.14. The molecule has 0 fully saturated rings. The van der Waals surface area contributed by atoms with Crippen LogP contribution in [0, 0.1) is 0 Å². The summed E-state index contributed by atoms with van der Waals surface area (Å²) in [6, 6.07) is 3.02. The van der Waals surface area contributed by atoms with Crippen LogP contribution < -0.4 is 10.5 Å². The second-order valence-corrected chi connectivity index (χ2v) is 7.10. The Balaban J connectivity index is 3.25. The second-order valence-electron chi connectivity index (χ2n) is 3.74. The van der Waals surface area contributed by atoms with Gasteiger partial charge in [0.15, 0.2) is 0 Å². The van der Waals surface area contributed by atoms with Crippen LogP contribution in [0.5, 0.6) is 0 Å². The molecule has 1 atom stereocenters. The molecule has 0 bridgehead atoms. The maximum absolute atomic E-state index is 12.1. The highest BCUT2D eigenvalue weighted by Crippen LogP contribution is 2.32. The summed E-state index contributed by atoms with van der Waals surface area (Å²) in [5.74, 6) is 0. The molecule has 3 N–H and O–H groups in total. The lowest BCUT2D eigenvalue weighted by atomic mass is 10.3. The Bertz CT molecular complexity index is 494. The third-order valence-electron chi connectivity index (χ3n) is 2.26. The van der Waals surface area contributed by atoms with Gasteiger partial charge in [-0.2, -0.15) is 0 Å². The molecule has 0 spiro atoms. The van der Waals surface area contributed by atoms with Crippen molar-refractivity contribution in [3.8, 4) is 0 Å². The zero-order valence-electron chi connectivity index (χ0n) is 9.50. The minimum atomic E-state index is -3.55. The van der Waals surface area contributed by atoms with E-state index in [0.717, 1.165) is 6.42 Å². The van der Waals surface area contributed by atoms with Crippen molar-refractivity contribution in [2.45, 2.75) is 31.2 Å². The van der Waals surface area contributed by atoms with Crippen molar-refractivity contribution in [1.82, 2.24) is 4.72 Å². The Kier molecular flexibility index (Phi) is 5.00. The highest BCUT2D eigenvalue weighted by Gasteiger charge is 2.23.